The van der Waals surface area contributed by atoms with Crippen molar-refractivity contribution in [3.8, 4) is 0 Å². The highest BCUT2D eigenvalue weighted by Gasteiger charge is 2.34. The van der Waals surface area contributed by atoms with Gasteiger partial charge in [-0.2, -0.15) is 5.10 Å². The second-order valence-electron chi connectivity index (χ2n) is 8.21. The number of hydrogen-bond acceptors (Lipinski definition) is 7. The van der Waals surface area contributed by atoms with Crippen molar-refractivity contribution in [1.29, 1.82) is 0 Å². The molecule has 2 N–H and O–H groups in total. The zero-order valence-corrected chi connectivity index (χ0v) is 18.6. The normalized spacial score (nSPS) is 23.0. The van der Waals surface area contributed by atoms with E-state index >= 15 is 0 Å². The molecular formula is C21H24Cl2N6O2. The second-order valence-corrected chi connectivity index (χ2v) is 8.97. The minimum Gasteiger partial charge on any atom is -0.389 e. The molecule has 0 radical (unpaired) electrons. The van der Waals surface area contributed by atoms with Crippen LogP contribution in [0.15, 0.2) is 24.5 Å². The smallest absolute Gasteiger partial charge is 0.227 e. The van der Waals surface area contributed by atoms with Gasteiger partial charge in [-0.05, 0) is 49.5 Å². The number of aromatic nitrogens is 4. The highest BCUT2D eigenvalue weighted by molar-refractivity contribution is 6.32. The van der Waals surface area contributed by atoms with Crippen LogP contribution in [-0.2, 0) is 11.8 Å². The summed E-state index contributed by atoms with van der Waals surface area (Å²) in [5.74, 6) is 0.812. The fraction of sp³-hybridized carbons (Fsp3) is 0.476. The van der Waals surface area contributed by atoms with Crippen LogP contribution in [0.3, 0.4) is 0 Å². The highest BCUT2D eigenvalue weighted by Crippen LogP contribution is 2.36. The number of nitrogens with zero attached hydrogens (tertiary/aromatic N) is 5. The number of hydrogen-bond donors (Lipinski definition) is 2. The van der Waals surface area contributed by atoms with Crippen molar-refractivity contribution in [2.24, 2.45) is 7.05 Å². The lowest BCUT2D eigenvalue weighted by atomic mass is 9.88. The van der Waals surface area contributed by atoms with Gasteiger partial charge in [-0.3, -0.25) is 9.58 Å². The van der Waals surface area contributed by atoms with Crippen LogP contribution in [0.2, 0.25) is 10.2 Å². The molecule has 2 atom stereocenters. The average molecular weight is 463 g/mol. The molecule has 4 heterocycles. The van der Waals surface area contributed by atoms with Gasteiger partial charge in [-0.15, -0.1) is 0 Å². The largest absolute Gasteiger partial charge is 0.389 e. The van der Waals surface area contributed by atoms with Crippen molar-refractivity contribution in [3.63, 3.8) is 0 Å². The molecule has 2 saturated heterocycles. The molecule has 3 aromatic rings. The number of benzene rings is 1. The first kappa shape index (κ1) is 20.9. The number of nitrogens with one attached hydrogen (secondary N) is 1. The third-order valence-corrected chi connectivity index (χ3v) is 7.05. The summed E-state index contributed by atoms with van der Waals surface area (Å²) in [6, 6.07) is 4.12. The standard InChI is InChI=1S/C21H24Cl2N6O2/c1-28-20(23)17(9-25-28)27-21-24-8-13-6-15(22)14(7-16(13)26-21)12-2-4-29(5-3-12)18-10-31-11-19(18)30/h6-9,12,18-19,30H,2-5,10-11H2,1H3,(H,24,26,27)/t18-,19+/m0/s1. The lowest BCUT2D eigenvalue weighted by molar-refractivity contribution is 0.0663. The van der Waals surface area contributed by atoms with E-state index in [1.807, 2.05) is 6.07 Å². The first-order chi connectivity index (χ1) is 15.0. The van der Waals surface area contributed by atoms with Crippen molar-refractivity contribution in [1.82, 2.24) is 24.6 Å². The number of anilines is 2. The number of fused-ring (bicyclic) bond motifs is 1. The van der Waals surface area contributed by atoms with E-state index in [9.17, 15) is 5.11 Å². The molecule has 0 unspecified atom stereocenters. The summed E-state index contributed by atoms with van der Waals surface area (Å²) in [5.41, 5.74) is 2.60. The van der Waals surface area contributed by atoms with Crippen LogP contribution in [0.25, 0.3) is 10.9 Å². The molecule has 0 aliphatic carbocycles. The number of ether oxygens (including phenoxy) is 1. The molecule has 10 heteroatoms. The monoisotopic (exact) mass is 462 g/mol. The van der Waals surface area contributed by atoms with Gasteiger partial charge in [0.1, 0.15) is 5.15 Å². The molecule has 2 aliphatic heterocycles. The maximum atomic E-state index is 10.1. The van der Waals surface area contributed by atoms with Gasteiger partial charge >= 0.3 is 0 Å². The quantitative estimate of drug-likeness (QED) is 0.614. The number of rotatable bonds is 4. The lowest BCUT2D eigenvalue weighted by Crippen LogP contribution is -2.46. The first-order valence-electron chi connectivity index (χ1n) is 10.4. The number of halogens is 2. The predicted octanol–water partition coefficient (Wildman–Crippen LogP) is 3.35. The Kier molecular flexibility index (Phi) is 5.75. The summed E-state index contributed by atoms with van der Waals surface area (Å²) >= 11 is 12.9. The molecule has 0 spiro atoms. The van der Waals surface area contributed by atoms with Gasteiger partial charge in [0.25, 0.3) is 0 Å². The van der Waals surface area contributed by atoms with Crippen LogP contribution >= 0.6 is 23.2 Å². The summed E-state index contributed by atoms with van der Waals surface area (Å²) in [7, 11) is 1.77. The van der Waals surface area contributed by atoms with E-state index in [0.717, 1.165) is 47.4 Å². The topological polar surface area (TPSA) is 88.3 Å². The lowest BCUT2D eigenvalue weighted by Gasteiger charge is -2.36. The zero-order valence-electron chi connectivity index (χ0n) is 17.1. The molecule has 0 amide bonds. The Hall–Kier alpha value is -1.97. The third kappa shape index (κ3) is 4.10. The van der Waals surface area contributed by atoms with Gasteiger partial charge < -0.3 is 15.2 Å². The van der Waals surface area contributed by atoms with Gasteiger partial charge in [-0.1, -0.05) is 23.2 Å². The Morgan fingerprint density at radius 3 is 2.65 bits per heavy atom. The van der Waals surface area contributed by atoms with Gasteiger partial charge in [0, 0.05) is 23.7 Å². The minimum absolute atomic E-state index is 0.105. The van der Waals surface area contributed by atoms with Gasteiger partial charge in [0.05, 0.1) is 42.8 Å². The third-order valence-electron chi connectivity index (χ3n) is 6.27. The molecule has 2 aliphatic rings. The molecule has 8 nitrogen and oxygen atoms in total. The Bertz CT molecular complexity index is 1100. The Labute approximate surface area is 190 Å². The van der Waals surface area contributed by atoms with Crippen molar-refractivity contribution < 1.29 is 9.84 Å². The Morgan fingerprint density at radius 1 is 1.16 bits per heavy atom. The summed E-state index contributed by atoms with van der Waals surface area (Å²) in [4.78, 5) is 11.4. The zero-order chi connectivity index (χ0) is 21.5. The van der Waals surface area contributed by atoms with Crippen LogP contribution in [0.4, 0.5) is 11.6 Å². The van der Waals surface area contributed by atoms with E-state index in [4.69, 9.17) is 27.9 Å². The fourth-order valence-electron chi connectivity index (χ4n) is 4.49. The van der Waals surface area contributed by atoms with E-state index < -0.39 is 6.10 Å². The minimum atomic E-state index is -0.392. The van der Waals surface area contributed by atoms with Gasteiger partial charge in [-0.25, -0.2) is 9.97 Å². The number of piperidine rings is 1. The van der Waals surface area contributed by atoms with E-state index in [0.29, 0.717) is 35.9 Å². The van der Waals surface area contributed by atoms with Crippen LogP contribution in [0.5, 0.6) is 0 Å². The van der Waals surface area contributed by atoms with Gasteiger partial charge in [0.15, 0.2) is 0 Å². The van der Waals surface area contributed by atoms with Crippen molar-refractivity contribution in [3.05, 3.63) is 40.3 Å². The van der Waals surface area contributed by atoms with Crippen molar-refractivity contribution >= 4 is 45.7 Å². The van der Waals surface area contributed by atoms with E-state index in [1.54, 1.807) is 24.1 Å². The predicted molar refractivity (Wildman–Crippen MR) is 120 cm³/mol. The molecule has 1 aromatic carbocycles. The second kappa shape index (κ2) is 8.52. The van der Waals surface area contributed by atoms with E-state index in [1.165, 1.54) is 0 Å². The molecule has 2 aromatic heterocycles. The van der Waals surface area contributed by atoms with Gasteiger partial charge in [0.2, 0.25) is 5.95 Å². The molecule has 2 fully saturated rings. The molecule has 0 bridgehead atoms. The number of aryl methyl sites for hydroxylation is 1. The van der Waals surface area contributed by atoms with Crippen molar-refractivity contribution in [2.75, 3.05) is 31.6 Å². The maximum Gasteiger partial charge on any atom is 0.227 e. The summed E-state index contributed by atoms with van der Waals surface area (Å²) in [6.07, 6.45) is 4.97. The summed E-state index contributed by atoms with van der Waals surface area (Å²) in [5, 5.41) is 19.5. The molecule has 164 valence electrons. The molecular weight excluding hydrogens is 439 g/mol. The van der Waals surface area contributed by atoms with Crippen LogP contribution < -0.4 is 5.32 Å². The van der Waals surface area contributed by atoms with E-state index in [2.05, 4.69) is 31.3 Å². The summed E-state index contributed by atoms with van der Waals surface area (Å²) in [6.45, 7) is 2.87. The Morgan fingerprint density at radius 2 is 1.97 bits per heavy atom. The molecule has 5 rings (SSSR count). The first-order valence-corrected chi connectivity index (χ1v) is 11.2. The van der Waals surface area contributed by atoms with Crippen LogP contribution in [0.1, 0.15) is 24.3 Å². The number of aliphatic hydroxyl groups is 1. The van der Waals surface area contributed by atoms with E-state index in [-0.39, 0.29) is 6.04 Å². The summed E-state index contributed by atoms with van der Waals surface area (Å²) < 4.78 is 6.99. The fourth-order valence-corrected chi connectivity index (χ4v) is 4.96. The van der Waals surface area contributed by atoms with Crippen LogP contribution in [-0.4, -0.2) is 68.2 Å². The number of aliphatic hydroxyl groups excluding tert-OH is 1. The Balaban J connectivity index is 1.35. The van der Waals surface area contributed by atoms with Crippen molar-refractivity contribution in [2.45, 2.75) is 30.9 Å². The number of likely N-dealkylation sites (tertiary alicyclic amines) is 1. The molecule has 31 heavy (non-hydrogen) atoms. The molecule has 0 saturated carbocycles. The highest BCUT2D eigenvalue weighted by atomic mass is 35.5. The maximum absolute atomic E-state index is 10.1. The average Bonchev–Trinajstić information content (AvgIpc) is 3.34. The van der Waals surface area contributed by atoms with Crippen LogP contribution in [0, 0.1) is 0 Å². The SMILES string of the molecule is Cn1ncc(Nc2ncc3cc(Cl)c(C4CCN([C@H]5COC[C@H]5O)CC4)cc3n2)c1Cl.